The highest BCUT2D eigenvalue weighted by Crippen LogP contribution is 2.27. The minimum absolute atomic E-state index is 0.179. The molecule has 13 heteroatoms. The van der Waals surface area contributed by atoms with Crippen molar-refractivity contribution in [2.24, 2.45) is 0 Å². The molecule has 0 unspecified atom stereocenters. The second kappa shape index (κ2) is 14.3. The van der Waals surface area contributed by atoms with Crippen LogP contribution >= 0.6 is 0 Å². The molecule has 49 heavy (non-hydrogen) atoms. The summed E-state index contributed by atoms with van der Waals surface area (Å²) in [7, 11) is 0.0408. The summed E-state index contributed by atoms with van der Waals surface area (Å²) in [6, 6.07) is 27.3. The van der Waals surface area contributed by atoms with Gasteiger partial charge in [0.15, 0.2) is 5.65 Å². The van der Waals surface area contributed by atoms with E-state index < -0.39 is 10.0 Å². The normalized spacial score (nSPS) is 11.6. The minimum atomic E-state index is -3.80. The number of pyridine rings is 1. The van der Waals surface area contributed by atoms with E-state index in [-0.39, 0.29) is 16.7 Å². The number of rotatable bonds is 11. The second-order valence-electron chi connectivity index (χ2n) is 11.2. The Bertz CT molecular complexity index is 2250. The first-order valence-electron chi connectivity index (χ1n) is 15.2. The van der Waals surface area contributed by atoms with E-state index in [9.17, 15) is 18.0 Å². The van der Waals surface area contributed by atoms with Crippen molar-refractivity contribution in [3.05, 3.63) is 133 Å². The van der Waals surface area contributed by atoms with Crippen LogP contribution < -0.4 is 16.0 Å². The molecule has 0 fully saturated rings. The van der Waals surface area contributed by atoms with Crippen molar-refractivity contribution in [3.8, 4) is 11.3 Å². The molecule has 0 atom stereocenters. The monoisotopic (exact) mass is 672 g/mol. The van der Waals surface area contributed by atoms with Gasteiger partial charge in [-0.1, -0.05) is 24.3 Å². The lowest BCUT2D eigenvalue weighted by Crippen LogP contribution is -2.13. The van der Waals surface area contributed by atoms with Crippen molar-refractivity contribution < 1.29 is 18.0 Å². The fourth-order valence-electron chi connectivity index (χ4n) is 4.87. The number of carbonyl (C=O) groups is 2. The molecule has 0 saturated heterocycles. The molecule has 6 rings (SSSR count). The molecule has 0 aliphatic carbocycles. The Morgan fingerprint density at radius 1 is 0.816 bits per heavy atom. The fraction of sp³-hybridized carbons (Fsp3) is 0.0833. The van der Waals surface area contributed by atoms with E-state index in [0.29, 0.717) is 51.6 Å². The van der Waals surface area contributed by atoms with Gasteiger partial charge in [0.05, 0.1) is 10.6 Å². The highest BCUT2D eigenvalue weighted by molar-refractivity contribution is 7.90. The standard InChI is InChI=1S/C36H32N8O4S/c1-43(2)19-6-9-34(45)41-29-12-10-25(11-13-29)36(46)42-30-16-14-28(15-17-30)40-33-22-32(38-24-39-33)27-21-26-18-20-44(35(26)37-23-27)49(47,48)31-7-4-3-5-8-31/h3-18,20-24H,19H2,1-2H3,(H,41,45)(H,42,46)(H,38,39,40)/b9-6+. The highest BCUT2D eigenvalue weighted by atomic mass is 32.2. The minimum Gasteiger partial charge on any atom is -0.340 e. The maximum atomic E-state index is 13.2. The molecule has 3 aromatic heterocycles. The number of carbonyl (C=O) groups excluding carboxylic acids is 2. The van der Waals surface area contributed by atoms with Crippen LogP contribution in [0.15, 0.2) is 133 Å². The van der Waals surface area contributed by atoms with Crippen molar-refractivity contribution in [2.75, 3.05) is 36.6 Å². The number of nitrogens with one attached hydrogen (secondary N) is 3. The zero-order valence-electron chi connectivity index (χ0n) is 26.6. The first kappa shape index (κ1) is 32.7. The van der Waals surface area contributed by atoms with Crippen LogP contribution in [0.5, 0.6) is 0 Å². The summed E-state index contributed by atoms with van der Waals surface area (Å²) in [5.74, 6) is 0.00399. The van der Waals surface area contributed by atoms with Gasteiger partial charge in [0.2, 0.25) is 5.91 Å². The van der Waals surface area contributed by atoms with Gasteiger partial charge in [-0.2, -0.15) is 0 Å². The van der Waals surface area contributed by atoms with E-state index in [1.807, 2.05) is 37.2 Å². The summed E-state index contributed by atoms with van der Waals surface area (Å²) in [4.78, 5) is 40.2. The van der Waals surface area contributed by atoms with Crippen LogP contribution in [0.4, 0.5) is 22.9 Å². The zero-order chi connectivity index (χ0) is 34.4. The average Bonchev–Trinajstić information content (AvgIpc) is 3.54. The lowest BCUT2D eigenvalue weighted by Gasteiger charge is -2.10. The summed E-state index contributed by atoms with van der Waals surface area (Å²) in [5, 5.41) is 9.53. The molecule has 12 nitrogen and oxygen atoms in total. The van der Waals surface area contributed by atoms with Crippen LogP contribution in [0, 0.1) is 0 Å². The van der Waals surface area contributed by atoms with Gasteiger partial charge < -0.3 is 20.9 Å². The average molecular weight is 673 g/mol. The Morgan fingerprint density at radius 3 is 2.24 bits per heavy atom. The molecule has 3 N–H and O–H groups in total. The molecule has 3 heterocycles. The van der Waals surface area contributed by atoms with Crippen LogP contribution in [0.25, 0.3) is 22.3 Å². The molecule has 0 saturated carbocycles. The predicted octanol–water partition coefficient (Wildman–Crippen LogP) is 5.78. The van der Waals surface area contributed by atoms with Gasteiger partial charge in [0.25, 0.3) is 15.9 Å². The Kier molecular flexibility index (Phi) is 9.55. The third kappa shape index (κ3) is 7.87. The number of aromatic nitrogens is 4. The largest absolute Gasteiger partial charge is 0.340 e. The number of amides is 2. The van der Waals surface area contributed by atoms with Crippen molar-refractivity contribution in [1.29, 1.82) is 0 Å². The quantitative estimate of drug-likeness (QED) is 0.146. The summed E-state index contributed by atoms with van der Waals surface area (Å²) < 4.78 is 27.5. The molecule has 0 radical (unpaired) electrons. The molecule has 0 aliphatic rings. The number of hydrogen-bond donors (Lipinski definition) is 3. The summed E-state index contributed by atoms with van der Waals surface area (Å²) in [6.07, 6.45) is 7.75. The lowest BCUT2D eigenvalue weighted by molar-refractivity contribution is -0.111. The first-order chi connectivity index (χ1) is 23.7. The van der Waals surface area contributed by atoms with E-state index in [1.54, 1.807) is 91.1 Å². The van der Waals surface area contributed by atoms with Crippen LogP contribution in [-0.2, 0) is 14.8 Å². The van der Waals surface area contributed by atoms with Crippen LogP contribution in [-0.4, -0.2) is 64.7 Å². The van der Waals surface area contributed by atoms with Gasteiger partial charge in [0, 0.05) is 64.7 Å². The maximum absolute atomic E-state index is 13.2. The van der Waals surface area contributed by atoms with Crippen molar-refractivity contribution in [3.63, 3.8) is 0 Å². The van der Waals surface area contributed by atoms with Gasteiger partial charge in [-0.15, -0.1) is 0 Å². The van der Waals surface area contributed by atoms with Crippen LogP contribution in [0.1, 0.15) is 10.4 Å². The molecule has 0 spiro atoms. The van der Waals surface area contributed by atoms with Gasteiger partial charge in [0.1, 0.15) is 12.1 Å². The van der Waals surface area contributed by atoms with Crippen molar-refractivity contribution in [1.82, 2.24) is 23.8 Å². The lowest BCUT2D eigenvalue weighted by atomic mass is 10.1. The van der Waals surface area contributed by atoms with Crippen LogP contribution in [0.3, 0.4) is 0 Å². The summed E-state index contributed by atoms with van der Waals surface area (Å²) in [6.45, 7) is 0.658. The van der Waals surface area contributed by atoms with Gasteiger partial charge in [-0.05, 0) is 86.9 Å². The highest BCUT2D eigenvalue weighted by Gasteiger charge is 2.20. The molecule has 3 aromatic carbocycles. The topological polar surface area (TPSA) is 151 Å². The van der Waals surface area contributed by atoms with Gasteiger partial charge in [-0.3, -0.25) is 9.59 Å². The van der Waals surface area contributed by atoms with Crippen LogP contribution in [0.2, 0.25) is 0 Å². The number of likely N-dealkylation sites (N-methyl/N-ethyl adjacent to an activating group) is 1. The second-order valence-corrected chi connectivity index (χ2v) is 13.1. The molecule has 0 aliphatic heterocycles. The van der Waals surface area contributed by atoms with E-state index in [1.165, 1.54) is 22.6 Å². The Morgan fingerprint density at radius 2 is 1.51 bits per heavy atom. The Labute approximate surface area is 283 Å². The van der Waals surface area contributed by atoms with E-state index in [4.69, 9.17) is 0 Å². The van der Waals surface area contributed by atoms with Crippen molar-refractivity contribution >= 4 is 55.8 Å². The number of anilines is 4. The molecule has 246 valence electrons. The SMILES string of the molecule is CN(C)C/C=C/C(=O)Nc1ccc(C(=O)Nc2ccc(Nc3cc(-c4cnc5c(ccn5S(=O)(=O)c5ccccc5)c4)ncn3)cc2)cc1. The number of benzene rings is 3. The third-order valence-corrected chi connectivity index (χ3v) is 9.01. The smallest absolute Gasteiger partial charge is 0.269 e. The Balaban J connectivity index is 1.08. The third-order valence-electron chi connectivity index (χ3n) is 7.33. The summed E-state index contributed by atoms with van der Waals surface area (Å²) >= 11 is 0. The van der Waals surface area contributed by atoms with Gasteiger partial charge in [-0.25, -0.2) is 27.3 Å². The Hall–Kier alpha value is -6.18. The number of hydrogen-bond acceptors (Lipinski definition) is 9. The van der Waals surface area contributed by atoms with E-state index in [2.05, 4.69) is 30.9 Å². The van der Waals surface area contributed by atoms with Gasteiger partial charge >= 0.3 is 0 Å². The summed E-state index contributed by atoms with van der Waals surface area (Å²) in [5.41, 5.74) is 3.97. The zero-order valence-corrected chi connectivity index (χ0v) is 27.4. The predicted molar refractivity (Wildman–Crippen MR) is 190 cm³/mol. The number of nitrogens with zero attached hydrogens (tertiary/aromatic N) is 5. The van der Waals surface area contributed by atoms with E-state index in [0.717, 1.165) is 5.69 Å². The molecular formula is C36H32N8O4S. The molecule has 0 bridgehead atoms. The van der Waals surface area contributed by atoms with E-state index >= 15 is 0 Å². The first-order valence-corrected chi connectivity index (χ1v) is 16.6. The maximum Gasteiger partial charge on any atom is 0.269 e. The molecule has 2 amide bonds. The fourth-order valence-corrected chi connectivity index (χ4v) is 6.20. The number of fused-ring (bicyclic) bond motifs is 1. The molecule has 6 aromatic rings. The molecular weight excluding hydrogens is 641 g/mol. The van der Waals surface area contributed by atoms with Crippen molar-refractivity contribution in [2.45, 2.75) is 4.90 Å².